The lowest BCUT2D eigenvalue weighted by Gasteiger charge is -2.37. The molecule has 0 unspecified atom stereocenters. The predicted molar refractivity (Wildman–Crippen MR) is 77.7 cm³/mol. The van der Waals surface area contributed by atoms with Crippen molar-refractivity contribution >= 4 is 12.0 Å². The minimum absolute atomic E-state index is 0.218. The third kappa shape index (κ3) is 2.32. The van der Waals surface area contributed by atoms with Crippen LogP contribution in [0.1, 0.15) is 39.2 Å². The molecule has 0 aliphatic heterocycles. The molecule has 19 heavy (non-hydrogen) atoms. The first-order valence-corrected chi connectivity index (χ1v) is 6.84. The minimum Gasteiger partial charge on any atom is -0.481 e. The number of benzene rings is 1. The summed E-state index contributed by atoms with van der Waals surface area (Å²) in [6.07, 6.45) is 5.99. The SMILES string of the molecule is CC1(C)[C@@H](/C=C\c2ccccc2)CC[C@@]1(C)C(=O)O. The van der Waals surface area contributed by atoms with Gasteiger partial charge >= 0.3 is 5.97 Å². The van der Waals surface area contributed by atoms with Gasteiger partial charge in [-0.1, -0.05) is 56.3 Å². The highest BCUT2D eigenvalue weighted by Gasteiger charge is 2.55. The number of allylic oxidation sites excluding steroid dienone is 1. The van der Waals surface area contributed by atoms with Gasteiger partial charge in [-0.2, -0.15) is 0 Å². The van der Waals surface area contributed by atoms with Gasteiger partial charge in [0.25, 0.3) is 0 Å². The molecular weight excluding hydrogens is 236 g/mol. The highest BCUT2D eigenvalue weighted by Crippen LogP contribution is 2.56. The van der Waals surface area contributed by atoms with E-state index < -0.39 is 11.4 Å². The number of rotatable bonds is 3. The Kier molecular flexibility index (Phi) is 3.53. The van der Waals surface area contributed by atoms with Crippen LogP contribution < -0.4 is 0 Å². The largest absolute Gasteiger partial charge is 0.481 e. The van der Waals surface area contributed by atoms with Crippen LogP contribution in [-0.4, -0.2) is 11.1 Å². The van der Waals surface area contributed by atoms with Crippen molar-refractivity contribution in [3.63, 3.8) is 0 Å². The number of carboxylic acids is 1. The highest BCUT2D eigenvalue weighted by molar-refractivity contribution is 5.76. The van der Waals surface area contributed by atoms with Gasteiger partial charge in [0.1, 0.15) is 0 Å². The summed E-state index contributed by atoms with van der Waals surface area (Å²) < 4.78 is 0. The Morgan fingerprint density at radius 1 is 1.26 bits per heavy atom. The smallest absolute Gasteiger partial charge is 0.309 e. The molecule has 0 bridgehead atoms. The van der Waals surface area contributed by atoms with Gasteiger partial charge in [-0.3, -0.25) is 4.79 Å². The van der Waals surface area contributed by atoms with Gasteiger partial charge in [-0.15, -0.1) is 0 Å². The van der Waals surface area contributed by atoms with Gasteiger partial charge in [-0.05, 0) is 36.7 Å². The molecular formula is C17H22O2. The summed E-state index contributed by atoms with van der Waals surface area (Å²) in [5, 5.41) is 9.49. The van der Waals surface area contributed by atoms with E-state index in [1.165, 1.54) is 5.56 Å². The van der Waals surface area contributed by atoms with E-state index in [9.17, 15) is 9.90 Å². The maximum Gasteiger partial charge on any atom is 0.309 e. The Balaban J connectivity index is 2.20. The molecule has 1 aliphatic rings. The summed E-state index contributed by atoms with van der Waals surface area (Å²) in [6.45, 7) is 6.04. The summed E-state index contributed by atoms with van der Waals surface area (Å²) in [5.41, 5.74) is 0.324. The van der Waals surface area contributed by atoms with E-state index in [0.717, 1.165) is 12.8 Å². The standard InChI is InChI=1S/C17H22O2/c1-16(2)14(11-12-17(16,3)15(18)19)10-9-13-7-5-4-6-8-13/h4-10,14H,11-12H2,1-3H3,(H,18,19)/b10-9-/t14-,17-/m0/s1. The Morgan fingerprint density at radius 3 is 2.42 bits per heavy atom. The first-order valence-electron chi connectivity index (χ1n) is 6.84. The third-order valence-electron chi connectivity index (χ3n) is 5.10. The van der Waals surface area contributed by atoms with Crippen molar-refractivity contribution in [2.24, 2.45) is 16.7 Å². The van der Waals surface area contributed by atoms with Crippen molar-refractivity contribution in [2.45, 2.75) is 33.6 Å². The van der Waals surface area contributed by atoms with Crippen molar-refractivity contribution in [3.05, 3.63) is 42.0 Å². The van der Waals surface area contributed by atoms with Gasteiger partial charge in [0.05, 0.1) is 5.41 Å². The van der Waals surface area contributed by atoms with Crippen LogP contribution in [0.2, 0.25) is 0 Å². The summed E-state index contributed by atoms with van der Waals surface area (Å²) in [7, 11) is 0. The molecule has 1 aromatic carbocycles. The summed E-state index contributed by atoms with van der Waals surface area (Å²) in [6, 6.07) is 10.2. The Hall–Kier alpha value is -1.57. The molecule has 1 aromatic rings. The van der Waals surface area contributed by atoms with Crippen LogP contribution in [0.15, 0.2) is 36.4 Å². The number of carbonyl (C=O) groups is 1. The lowest BCUT2D eigenvalue weighted by Crippen LogP contribution is -2.40. The summed E-state index contributed by atoms with van der Waals surface area (Å²) in [5.74, 6) is -0.359. The van der Waals surface area contributed by atoms with Gasteiger partial charge in [0, 0.05) is 0 Å². The van der Waals surface area contributed by atoms with Crippen LogP contribution in [0.4, 0.5) is 0 Å². The zero-order valence-electron chi connectivity index (χ0n) is 11.9. The van der Waals surface area contributed by atoms with Gasteiger partial charge in [-0.25, -0.2) is 0 Å². The lowest BCUT2D eigenvalue weighted by molar-refractivity contribution is -0.154. The van der Waals surface area contributed by atoms with E-state index in [-0.39, 0.29) is 5.41 Å². The molecule has 1 fully saturated rings. The van der Waals surface area contributed by atoms with Crippen LogP contribution in [-0.2, 0) is 4.79 Å². The van der Waals surface area contributed by atoms with Crippen LogP contribution in [0.3, 0.4) is 0 Å². The third-order valence-corrected chi connectivity index (χ3v) is 5.10. The second-order valence-corrected chi connectivity index (χ2v) is 6.27. The van der Waals surface area contributed by atoms with Gasteiger partial charge in [0.15, 0.2) is 0 Å². The van der Waals surface area contributed by atoms with E-state index in [2.05, 4.69) is 38.1 Å². The Labute approximate surface area is 115 Å². The molecule has 0 radical (unpaired) electrons. The van der Waals surface area contributed by atoms with Crippen LogP contribution in [0.5, 0.6) is 0 Å². The second kappa shape index (κ2) is 4.84. The molecule has 0 spiro atoms. The average molecular weight is 258 g/mol. The Morgan fingerprint density at radius 2 is 1.89 bits per heavy atom. The van der Waals surface area contributed by atoms with Crippen molar-refractivity contribution in [3.8, 4) is 0 Å². The molecule has 2 nitrogen and oxygen atoms in total. The van der Waals surface area contributed by atoms with Crippen LogP contribution in [0, 0.1) is 16.7 Å². The van der Waals surface area contributed by atoms with E-state index in [1.807, 2.05) is 25.1 Å². The maximum absolute atomic E-state index is 11.5. The monoisotopic (exact) mass is 258 g/mol. The quantitative estimate of drug-likeness (QED) is 0.881. The highest BCUT2D eigenvalue weighted by atomic mass is 16.4. The van der Waals surface area contributed by atoms with Crippen LogP contribution in [0.25, 0.3) is 6.08 Å². The fourth-order valence-corrected chi connectivity index (χ4v) is 3.05. The fourth-order valence-electron chi connectivity index (χ4n) is 3.05. The molecule has 2 rings (SSSR count). The first-order chi connectivity index (χ1) is 8.88. The van der Waals surface area contributed by atoms with Crippen molar-refractivity contribution < 1.29 is 9.90 Å². The minimum atomic E-state index is -0.673. The van der Waals surface area contributed by atoms with Gasteiger partial charge in [0.2, 0.25) is 0 Å². The van der Waals surface area contributed by atoms with Crippen LogP contribution >= 0.6 is 0 Å². The maximum atomic E-state index is 11.5. The van der Waals surface area contributed by atoms with Crippen molar-refractivity contribution in [1.29, 1.82) is 0 Å². The fraction of sp³-hybridized carbons (Fsp3) is 0.471. The van der Waals surface area contributed by atoms with E-state index in [0.29, 0.717) is 5.92 Å². The normalized spacial score (nSPS) is 29.7. The van der Waals surface area contributed by atoms with E-state index >= 15 is 0 Å². The summed E-state index contributed by atoms with van der Waals surface area (Å²) >= 11 is 0. The molecule has 1 N–H and O–H groups in total. The lowest BCUT2D eigenvalue weighted by atomic mass is 9.65. The number of carboxylic acid groups (broad SMARTS) is 1. The molecule has 1 saturated carbocycles. The molecule has 0 heterocycles. The van der Waals surface area contributed by atoms with E-state index in [4.69, 9.17) is 0 Å². The molecule has 102 valence electrons. The zero-order valence-corrected chi connectivity index (χ0v) is 11.9. The molecule has 0 aromatic heterocycles. The molecule has 2 heteroatoms. The molecule has 0 amide bonds. The zero-order chi connectivity index (χ0) is 14.1. The second-order valence-electron chi connectivity index (χ2n) is 6.27. The summed E-state index contributed by atoms with van der Waals surface area (Å²) in [4.78, 5) is 11.5. The topological polar surface area (TPSA) is 37.3 Å². The molecule has 0 saturated heterocycles. The molecule has 1 aliphatic carbocycles. The number of hydrogen-bond acceptors (Lipinski definition) is 1. The number of aliphatic carboxylic acids is 1. The first kappa shape index (κ1) is 13.9. The van der Waals surface area contributed by atoms with E-state index in [1.54, 1.807) is 0 Å². The van der Waals surface area contributed by atoms with Crippen molar-refractivity contribution in [1.82, 2.24) is 0 Å². The number of hydrogen-bond donors (Lipinski definition) is 1. The predicted octanol–water partition coefficient (Wildman–Crippen LogP) is 4.23. The molecule has 2 atom stereocenters. The Bertz CT molecular complexity index is 487. The average Bonchev–Trinajstić information content (AvgIpc) is 2.61. The van der Waals surface area contributed by atoms with Crippen molar-refractivity contribution in [2.75, 3.05) is 0 Å². The van der Waals surface area contributed by atoms with Gasteiger partial charge < -0.3 is 5.11 Å².